The van der Waals surface area contributed by atoms with Crippen molar-refractivity contribution in [3.63, 3.8) is 0 Å². The van der Waals surface area contributed by atoms with E-state index in [2.05, 4.69) is 77.1 Å². The maximum atomic E-state index is 11.1. The number of nitrogens with two attached hydrogens (primary N) is 1. The molecule has 5 rings (SSSR count). The fourth-order valence-corrected chi connectivity index (χ4v) is 4.42. The average Bonchev–Trinajstić information content (AvgIpc) is 3.49. The molecule has 3 heterocycles. The highest BCUT2D eigenvalue weighted by atomic mass is 127. The van der Waals surface area contributed by atoms with E-state index in [0.717, 1.165) is 29.2 Å². The van der Waals surface area contributed by atoms with Gasteiger partial charge >= 0.3 is 0 Å². The van der Waals surface area contributed by atoms with E-state index in [9.17, 15) is 4.79 Å². The molecular weight excluding hydrogens is 650 g/mol. The Morgan fingerprint density at radius 2 is 1.48 bits per heavy atom. The first-order chi connectivity index (χ1) is 15.1. The van der Waals surface area contributed by atoms with Crippen LogP contribution in [-0.2, 0) is 17.9 Å². The number of halogens is 2. The number of hydrogen-bond donors (Lipinski definition) is 2. The topological polar surface area (TPSA) is 130 Å². The summed E-state index contributed by atoms with van der Waals surface area (Å²) in [7, 11) is 0. The molecule has 0 atom stereocenters. The van der Waals surface area contributed by atoms with Crippen LogP contribution in [0.4, 0.5) is 0 Å². The molecule has 0 aliphatic carbocycles. The number of nitrogens with one attached hydrogen (secondary N) is 1. The molecule has 174 valence electrons. The monoisotopic (exact) mass is 674 g/mol. The molecule has 0 aliphatic heterocycles. The van der Waals surface area contributed by atoms with Crippen LogP contribution in [-0.4, -0.2) is 35.7 Å². The van der Waals surface area contributed by atoms with Crippen LogP contribution >= 0.6 is 45.2 Å². The Morgan fingerprint density at radius 3 is 2.03 bits per heavy atom. The van der Waals surface area contributed by atoms with Crippen molar-refractivity contribution < 1.29 is 9.21 Å². The van der Waals surface area contributed by atoms with Gasteiger partial charge in [-0.25, -0.2) is 5.84 Å². The lowest BCUT2D eigenvalue weighted by atomic mass is 10.2. The van der Waals surface area contributed by atoms with Gasteiger partial charge in [-0.15, -0.1) is 10.2 Å². The summed E-state index contributed by atoms with van der Waals surface area (Å²) >= 11 is 4.36. The van der Waals surface area contributed by atoms with Crippen molar-refractivity contribution in [3.8, 4) is 0 Å². The van der Waals surface area contributed by atoms with Crippen LogP contribution < -0.4 is 11.3 Å². The molecule has 1 amide bonds. The SMILES string of the molecule is C.C.Ic1nn(Cc2nnco2)c2ccccc12.NNC(=O)Cn1nc(I)c2ccccc21. The van der Waals surface area contributed by atoms with E-state index >= 15 is 0 Å². The third-order valence-electron chi connectivity index (χ3n) is 4.37. The van der Waals surface area contributed by atoms with Crippen LogP contribution in [0.25, 0.3) is 21.8 Å². The van der Waals surface area contributed by atoms with Gasteiger partial charge in [-0.2, -0.15) is 10.2 Å². The minimum absolute atomic E-state index is 0. The van der Waals surface area contributed by atoms with Crippen molar-refractivity contribution >= 4 is 72.9 Å². The Morgan fingerprint density at radius 1 is 0.939 bits per heavy atom. The Hall–Kier alpha value is -2.59. The summed E-state index contributed by atoms with van der Waals surface area (Å²) in [4.78, 5) is 11.1. The number of carbonyl (C=O) groups excluding carboxylic acids is 1. The summed E-state index contributed by atoms with van der Waals surface area (Å²) in [5, 5.41) is 18.4. The van der Waals surface area contributed by atoms with E-state index in [0.29, 0.717) is 12.4 Å². The molecule has 0 saturated heterocycles. The molecule has 0 fully saturated rings. The highest BCUT2D eigenvalue weighted by molar-refractivity contribution is 14.1. The number of nitrogens with zero attached hydrogens (tertiary/aromatic N) is 6. The van der Waals surface area contributed by atoms with E-state index in [4.69, 9.17) is 10.3 Å². The summed E-state index contributed by atoms with van der Waals surface area (Å²) in [5.74, 6) is 5.32. The van der Waals surface area contributed by atoms with Crippen LogP contribution in [0.15, 0.2) is 59.3 Å². The zero-order valence-corrected chi connectivity index (χ0v) is 20.3. The molecule has 0 aliphatic rings. The number of benzene rings is 2. The van der Waals surface area contributed by atoms with Gasteiger partial charge in [-0.3, -0.25) is 19.6 Å². The molecule has 0 saturated carbocycles. The first-order valence-corrected chi connectivity index (χ1v) is 11.2. The molecule has 33 heavy (non-hydrogen) atoms. The van der Waals surface area contributed by atoms with Crippen molar-refractivity contribution in [2.75, 3.05) is 0 Å². The molecule has 2 aromatic carbocycles. The Balaban J connectivity index is 0.000000221. The third-order valence-corrected chi connectivity index (χ3v) is 5.96. The zero-order valence-electron chi connectivity index (χ0n) is 15.9. The lowest BCUT2D eigenvalue weighted by Gasteiger charge is -2.01. The molecule has 0 bridgehead atoms. The molecule has 5 aromatic rings. The standard InChI is InChI=1S/C10H7IN4O.C9H9IN4O.2CH4/c11-10-7-3-1-2-4-8(7)15(14-10)5-9-13-12-6-16-9;10-9-6-3-1-2-4-7(6)14(13-9)5-8(15)12-11;;/h1-4,6H,5H2;1-4H,5,11H2,(H,12,15);2*1H4. The first-order valence-electron chi connectivity index (χ1n) is 9.03. The van der Waals surface area contributed by atoms with E-state index in [1.54, 1.807) is 4.68 Å². The van der Waals surface area contributed by atoms with Gasteiger partial charge in [0.2, 0.25) is 12.3 Å². The van der Waals surface area contributed by atoms with Crippen molar-refractivity contribution in [1.82, 2.24) is 35.2 Å². The van der Waals surface area contributed by atoms with Gasteiger partial charge in [0.05, 0.1) is 11.0 Å². The lowest BCUT2D eigenvalue weighted by Crippen LogP contribution is -2.33. The molecule has 0 spiro atoms. The largest absolute Gasteiger partial charge is 0.426 e. The summed E-state index contributed by atoms with van der Waals surface area (Å²) in [6.45, 7) is 0.642. The number of para-hydroxylation sites is 2. The molecule has 0 unspecified atom stereocenters. The number of rotatable bonds is 4. The molecule has 3 N–H and O–H groups in total. The second kappa shape index (κ2) is 12.0. The highest BCUT2D eigenvalue weighted by Crippen LogP contribution is 2.20. The van der Waals surface area contributed by atoms with Gasteiger partial charge in [0.15, 0.2) is 0 Å². The molecule has 10 nitrogen and oxygen atoms in total. The van der Waals surface area contributed by atoms with Gasteiger partial charge in [-0.1, -0.05) is 51.3 Å². The summed E-state index contributed by atoms with van der Waals surface area (Å²) in [6, 6.07) is 15.8. The van der Waals surface area contributed by atoms with Gasteiger partial charge in [-0.05, 0) is 57.3 Å². The quantitative estimate of drug-likeness (QED) is 0.128. The predicted octanol–water partition coefficient (Wildman–Crippen LogP) is 3.98. The minimum atomic E-state index is -0.264. The minimum Gasteiger partial charge on any atom is -0.426 e. The van der Waals surface area contributed by atoms with E-state index in [-0.39, 0.29) is 27.3 Å². The normalized spacial score (nSPS) is 10.2. The van der Waals surface area contributed by atoms with Crippen LogP contribution in [0.3, 0.4) is 0 Å². The average molecular weight is 674 g/mol. The van der Waals surface area contributed by atoms with E-state index in [1.807, 2.05) is 47.1 Å². The predicted molar refractivity (Wildman–Crippen MR) is 144 cm³/mol. The van der Waals surface area contributed by atoms with E-state index in [1.165, 1.54) is 6.39 Å². The molecule has 12 heteroatoms. The number of carbonyl (C=O) groups is 1. The van der Waals surface area contributed by atoms with Crippen molar-refractivity contribution in [2.45, 2.75) is 27.9 Å². The second-order valence-electron chi connectivity index (χ2n) is 6.33. The van der Waals surface area contributed by atoms with Crippen molar-refractivity contribution in [3.05, 3.63) is 68.2 Å². The van der Waals surface area contributed by atoms with Gasteiger partial charge in [0.25, 0.3) is 5.91 Å². The number of amides is 1. The first kappa shape index (κ1) is 26.7. The van der Waals surface area contributed by atoms with Crippen LogP contribution in [0.5, 0.6) is 0 Å². The van der Waals surface area contributed by atoms with Gasteiger partial charge in [0.1, 0.15) is 20.5 Å². The third kappa shape index (κ3) is 6.05. The smallest absolute Gasteiger partial charge is 0.255 e. The molecular formula is C21H24I2N8O2. The van der Waals surface area contributed by atoms with Crippen molar-refractivity contribution in [1.29, 1.82) is 0 Å². The summed E-state index contributed by atoms with van der Waals surface area (Å²) < 4.78 is 10.5. The summed E-state index contributed by atoms with van der Waals surface area (Å²) in [5.41, 5.74) is 4.10. The fourth-order valence-electron chi connectivity index (χ4n) is 2.99. The second-order valence-corrected chi connectivity index (χ2v) is 8.37. The number of hydrazine groups is 1. The lowest BCUT2D eigenvalue weighted by molar-refractivity contribution is -0.121. The van der Waals surface area contributed by atoms with Gasteiger partial charge < -0.3 is 4.42 Å². The molecule has 3 aromatic heterocycles. The van der Waals surface area contributed by atoms with Gasteiger partial charge in [0, 0.05) is 10.8 Å². The number of fused-ring (bicyclic) bond motifs is 2. The highest BCUT2D eigenvalue weighted by Gasteiger charge is 2.10. The number of aromatic nitrogens is 6. The maximum Gasteiger partial charge on any atom is 0.255 e. The van der Waals surface area contributed by atoms with Crippen molar-refractivity contribution in [2.24, 2.45) is 5.84 Å². The summed E-state index contributed by atoms with van der Waals surface area (Å²) in [6.07, 6.45) is 1.33. The zero-order chi connectivity index (χ0) is 21.8. The van der Waals surface area contributed by atoms with Crippen LogP contribution in [0.1, 0.15) is 20.7 Å². The Labute approximate surface area is 218 Å². The fraction of sp³-hybridized carbons (Fsp3) is 0.190. The van der Waals surface area contributed by atoms with Crippen LogP contribution in [0, 0.1) is 7.40 Å². The maximum absolute atomic E-state index is 11.1. The Bertz CT molecular complexity index is 1330. The molecule has 0 radical (unpaired) electrons. The Kier molecular flexibility index (Phi) is 9.72. The van der Waals surface area contributed by atoms with Crippen LogP contribution in [0.2, 0.25) is 0 Å². The number of hydrogen-bond acceptors (Lipinski definition) is 7. The van der Waals surface area contributed by atoms with E-state index < -0.39 is 0 Å².